The van der Waals surface area contributed by atoms with Crippen LogP contribution in [0.2, 0.25) is 0 Å². The van der Waals surface area contributed by atoms with Crippen molar-refractivity contribution in [2.24, 2.45) is 0 Å². The average molecular weight is 373 g/mol. The van der Waals surface area contributed by atoms with Crippen LogP contribution >= 0.6 is 0 Å². The van der Waals surface area contributed by atoms with Crippen LogP contribution in [-0.4, -0.2) is 19.3 Å². The number of benzene rings is 1. The minimum atomic E-state index is 0.330. The third-order valence-corrected chi connectivity index (χ3v) is 5.21. The summed E-state index contributed by atoms with van der Waals surface area (Å²) >= 11 is 0. The first-order valence-electron chi connectivity index (χ1n) is 11.4. The van der Waals surface area contributed by atoms with Crippen LogP contribution in [0.25, 0.3) is 0 Å². The number of hydrogen-bond donors (Lipinski definition) is 0. The van der Waals surface area contributed by atoms with E-state index < -0.39 is 0 Å². The Morgan fingerprint density at radius 2 is 1.59 bits per heavy atom. The van der Waals surface area contributed by atoms with Gasteiger partial charge in [-0.15, -0.1) is 0 Å². The van der Waals surface area contributed by atoms with Crippen molar-refractivity contribution in [3.05, 3.63) is 42.0 Å². The summed E-state index contributed by atoms with van der Waals surface area (Å²) in [5.74, 6) is 0.989. The molecular weight excluding hydrogens is 332 g/mol. The third kappa shape index (κ3) is 11.9. The Labute approximate surface area is 167 Å². The summed E-state index contributed by atoms with van der Waals surface area (Å²) in [6, 6.07) is 8.57. The monoisotopic (exact) mass is 372 g/mol. The number of allylic oxidation sites excluding steroid dienone is 2. The predicted molar refractivity (Wildman–Crippen MR) is 116 cm³/mol. The molecule has 1 aliphatic heterocycles. The van der Waals surface area contributed by atoms with E-state index in [4.69, 9.17) is 9.47 Å². The molecule has 2 nitrogen and oxygen atoms in total. The van der Waals surface area contributed by atoms with Gasteiger partial charge < -0.3 is 9.47 Å². The van der Waals surface area contributed by atoms with E-state index in [0.29, 0.717) is 12.7 Å². The van der Waals surface area contributed by atoms with Gasteiger partial charge in [-0.2, -0.15) is 0 Å². The highest BCUT2D eigenvalue weighted by Gasteiger charge is 2.22. The number of aryl methyl sites for hydroxylation is 1. The van der Waals surface area contributed by atoms with E-state index in [1.807, 2.05) is 6.07 Å². The van der Waals surface area contributed by atoms with Gasteiger partial charge in [0.15, 0.2) is 0 Å². The van der Waals surface area contributed by atoms with Gasteiger partial charge in [-0.3, -0.25) is 0 Å². The van der Waals surface area contributed by atoms with Crippen molar-refractivity contribution in [3.63, 3.8) is 0 Å². The fourth-order valence-electron chi connectivity index (χ4n) is 3.35. The molecule has 0 amide bonds. The van der Waals surface area contributed by atoms with Gasteiger partial charge in [-0.1, -0.05) is 82.6 Å². The molecule has 1 unspecified atom stereocenters. The second-order valence-corrected chi connectivity index (χ2v) is 7.89. The summed E-state index contributed by atoms with van der Waals surface area (Å²) in [4.78, 5) is 0. The molecule has 0 aliphatic carbocycles. The number of hydrogen-bond acceptors (Lipinski definition) is 2. The number of epoxide rings is 1. The van der Waals surface area contributed by atoms with Gasteiger partial charge >= 0.3 is 0 Å². The first-order chi connectivity index (χ1) is 13.4. The molecule has 0 bridgehead atoms. The predicted octanol–water partition coefficient (Wildman–Crippen LogP) is 7.26. The van der Waals surface area contributed by atoms with Gasteiger partial charge in [0, 0.05) is 0 Å². The zero-order valence-electron chi connectivity index (χ0n) is 17.5. The molecule has 2 rings (SSSR count). The molecule has 2 heteroatoms. The average Bonchev–Trinajstić information content (AvgIpc) is 3.51. The van der Waals surface area contributed by atoms with Crippen molar-refractivity contribution in [3.8, 4) is 5.75 Å². The van der Waals surface area contributed by atoms with Crippen molar-refractivity contribution in [1.29, 1.82) is 0 Å². The summed E-state index contributed by atoms with van der Waals surface area (Å²) in [7, 11) is 0. The zero-order valence-corrected chi connectivity index (χ0v) is 17.5. The van der Waals surface area contributed by atoms with Crippen LogP contribution in [-0.2, 0) is 11.2 Å². The van der Waals surface area contributed by atoms with Crippen molar-refractivity contribution >= 4 is 0 Å². The highest BCUT2D eigenvalue weighted by molar-refractivity contribution is 5.28. The second-order valence-electron chi connectivity index (χ2n) is 7.89. The molecule has 0 saturated carbocycles. The van der Waals surface area contributed by atoms with Crippen molar-refractivity contribution in [1.82, 2.24) is 0 Å². The Kier molecular flexibility index (Phi) is 12.0. The molecule has 1 atom stereocenters. The zero-order chi connectivity index (χ0) is 19.0. The summed E-state index contributed by atoms with van der Waals surface area (Å²) in [5, 5.41) is 0. The normalized spacial score (nSPS) is 16.1. The summed E-state index contributed by atoms with van der Waals surface area (Å²) in [5.41, 5.74) is 1.40. The van der Waals surface area contributed by atoms with Gasteiger partial charge in [-0.05, 0) is 49.8 Å². The van der Waals surface area contributed by atoms with E-state index in [9.17, 15) is 0 Å². The fourth-order valence-corrected chi connectivity index (χ4v) is 3.35. The van der Waals surface area contributed by atoms with Gasteiger partial charge in [-0.25, -0.2) is 0 Å². The molecule has 27 heavy (non-hydrogen) atoms. The Morgan fingerprint density at radius 1 is 0.926 bits per heavy atom. The van der Waals surface area contributed by atoms with Crippen LogP contribution in [0.4, 0.5) is 0 Å². The Morgan fingerprint density at radius 3 is 2.30 bits per heavy atom. The van der Waals surface area contributed by atoms with E-state index >= 15 is 0 Å². The van der Waals surface area contributed by atoms with E-state index in [2.05, 4.69) is 37.3 Å². The first kappa shape index (κ1) is 22.0. The van der Waals surface area contributed by atoms with E-state index in [1.54, 1.807) is 0 Å². The molecule has 1 heterocycles. The molecular formula is C25H40O2. The van der Waals surface area contributed by atoms with Crippen molar-refractivity contribution in [2.45, 2.75) is 96.5 Å². The molecule has 0 radical (unpaired) electrons. The molecule has 1 aromatic rings. The van der Waals surface area contributed by atoms with E-state index in [0.717, 1.165) is 12.4 Å². The highest BCUT2D eigenvalue weighted by atomic mass is 16.6. The molecule has 0 aromatic heterocycles. The van der Waals surface area contributed by atoms with Crippen LogP contribution in [0.15, 0.2) is 36.4 Å². The Balaban J connectivity index is 1.38. The lowest BCUT2D eigenvalue weighted by atomic mass is 10.0. The Bertz CT molecular complexity index is 505. The van der Waals surface area contributed by atoms with Crippen molar-refractivity contribution < 1.29 is 9.47 Å². The lowest BCUT2D eigenvalue weighted by Crippen LogP contribution is -2.04. The third-order valence-electron chi connectivity index (χ3n) is 5.21. The number of ether oxygens (including phenoxy) is 2. The largest absolute Gasteiger partial charge is 0.491 e. The minimum absolute atomic E-state index is 0.330. The second kappa shape index (κ2) is 14.7. The molecule has 0 spiro atoms. The summed E-state index contributed by atoms with van der Waals surface area (Å²) in [6.45, 7) is 3.81. The van der Waals surface area contributed by atoms with E-state index in [1.165, 1.54) is 89.0 Å². The van der Waals surface area contributed by atoms with Gasteiger partial charge in [0.1, 0.15) is 18.5 Å². The topological polar surface area (TPSA) is 21.8 Å². The number of rotatable bonds is 17. The van der Waals surface area contributed by atoms with Gasteiger partial charge in [0.2, 0.25) is 0 Å². The number of unbranched alkanes of at least 4 members (excludes halogenated alkanes) is 10. The Hall–Kier alpha value is -1.28. The fraction of sp³-hybridized carbons (Fsp3) is 0.680. The smallest absolute Gasteiger partial charge is 0.119 e. The minimum Gasteiger partial charge on any atom is -0.491 e. The molecule has 1 aliphatic rings. The summed E-state index contributed by atoms with van der Waals surface area (Å²) in [6.07, 6.45) is 22.4. The highest BCUT2D eigenvalue weighted by Crippen LogP contribution is 2.18. The van der Waals surface area contributed by atoms with Crippen LogP contribution in [0.1, 0.15) is 89.5 Å². The first-order valence-corrected chi connectivity index (χ1v) is 11.4. The summed E-state index contributed by atoms with van der Waals surface area (Å²) < 4.78 is 11.0. The van der Waals surface area contributed by atoms with Crippen LogP contribution in [0.5, 0.6) is 5.75 Å². The standard InChI is InChI=1S/C25H40O2/c1-2-3-4-5-6-7-8-9-10-11-12-13-14-15-17-23-18-16-19-24(20-23)26-21-25-22-27-25/h5-6,16,18-20,25H,2-4,7-15,17,21-22H2,1H3/b6-5+. The lowest BCUT2D eigenvalue weighted by molar-refractivity contribution is 0.263. The molecule has 152 valence electrons. The van der Waals surface area contributed by atoms with E-state index in [-0.39, 0.29) is 0 Å². The molecule has 1 saturated heterocycles. The molecule has 0 N–H and O–H groups in total. The lowest BCUT2D eigenvalue weighted by Gasteiger charge is -2.07. The van der Waals surface area contributed by atoms with Crippen LogP contribution in [0, 0.1) is 0 Å². The maximum absolute atomic E-state index is 5.77. The quantitative estimate of drug-likeness (QED) is 0.163. The maximum Gasteiger partial charge on any atom is 0.119 e. The van der Waals surface area contributed by atoms with Gasteiger partial charge in [0.25, 0.3) is 0 Å². The maximum atomic E-state index is 5.77. The van der Waals surface area contributed by atoms with Crippen LogP contribution < -0.4 is 4.74 Å². The SMILES string of the molecule is CCCC/C=C/CCCCCCCCCCc1cccc(OCC2CO2)c1. The molecule has 1 fully saturated rings. The van der Waals surface area contributed by atoms with Crippen molar-refractivity contribution in [2.75, 3.05) is 13.2 Å². The van der Waals surface area contributed by atoms with Crippen LogP contribution in [0.3, 0.4) is 0 Å². The van der Waals surface area contributed by atoms with Gasteiger partial charge in [0.05, 0.1) is 6.61 Å². The molecule has 1 aromatic carbocycles.